The molecule has 1 unspecified atom stereocenters. The average Bonchev–Trinajstić information content (AvgIpc) is 3.33. The van der Waals surface area contributed by atoms with Gasteiger partial charge in [-0.2, -0.15) is 11.8 Å². The number of thioether (sulfide) groups is 1. The molecule has 2 aliphatic heterocycles. The number of aliphatic hydroxyl groups excluding tert-OH is 1. The fourth-order valence-corrected chi connectivity index (χ4v) is 6.98. The standard InChI is InChI=1S/C24H42O4S/c25-21(18-8-2-1-3-9-18)13-12-20-19(22-14-15-23(20)28-22)10-4-6-16-29-17-7-5-11-24(26)27/h18-23,25H,1-17H2,(H,26,27)/t19-,20+,21?,22-,23+/m1/s1. The van der Waals surface area contributed by atoms with Gasteiger partial charge in [0.05, 0.1) is 18.3 Å². The Morgan fingerprint density at radius 2 is 1.55 bits per heavy atom. The Morgan fingerprint density at radius 1 is 0.897 bits per heavy atom. The van der Waals surface area contributed by atoms with Crippen LogP contribution in [-0.4, -0.2) is 46.0 Å². The van der Waals surface area contributed by atoms with Crippen LogP contribution in [0.4, 0.5) is 0 Å². The smallest absolute Gasteiger partial charge is 0.303 e. The summed E-state index contributed by atoms with van der Waals surface area (Å²) in [6.07, 6.45) is 17.8. The molecule has 2 bridgehead atoms. The van der Waals surface area contributed by atoms with Crippen LogP contribution in [0.3, 0.4) is 0 Å². The number of hydrogen-bond donors (Lipinski definition) is 2. The summed E-state index contributed by atoms with van der Waals surface area (Å²) in [7, 11) is 0. The van der Waals surface area contributed by atoms with Crippen molar-refractivity contribution in [1.29, 1.82) is 0 Å². The van der Waals surface area contributed by atoms with E-state index in [2.05, 4.69) is 0 Å². The quantitative estimate of drug-likeness (QED) is 0.351. The summed E-state index contributed by atoms with van der Waals surface area (Å²) in [6, 6.07) is 0. The van der Waals surface area contributed by atoms with E-state index in [4.69, 9.17) is 9.84 Å². The molecule has 2 saturated heterocycles. The molecular formula is C24H42O4S. The molecule has 0 radical (unpaired) electrons. The van der Waals surface area contributed by atoms with Crippen LogP contribution in [0.2, 0.25) is 0 Å². The minimum absolute atomic E-state index is 0.0902. The highest BCUT2D eigenvalue weighted by molar-refractivity contribution is 7.99. The lowest BCUT2D eigenvalue weighted by Crippen LogP contribution is -2.30. The van der Waals surface area contributed by atoms with Crippen molar-refractivity contribution >= 4 is 17.7 Å². The van der Waals surface area contributed by atoms with E-state index in [1.165, 1.54) is 70.0 Å². The molecule has 4 nitrogen and oxygen atoms in total. The molecule has 5 atom stereocenters. The number of rotatable bonds is 14. The molecule has 0 aromatic rings. The number of aliphatic carboxylic acids is 1. The lowest BCUT2D eigenvalue weighted by Gasteiger charge is -2.31. The number of carboxylic acid groups (broad SMARTS) is 1. The van der Waals surface area contributed by atoms with Crippen LogP contribution < -0.4 is 0 Å². The Kier molecular flexibility index (Phi) is 10.1. The highest BCUT2D eigenvalue weighted by atomic mass is 32.2. The molecule has 1 aliphatic carbocycles. The minimum atomic E-state index is -0.677. The summed E-state index contributed by atoms with van der Waals surface area (Å²) in [5.74, 6) is 3.55. The van der Waals surface area contributed by atoms with Crippen molar-refractivity contribution in [1.82, 2.24) is 0 Å². The van der Waals surface area contributed by atoms with Gasteiger partial charge in [-0.3, -0.25) is 4.79 Å². The maximum absolute atomic E-state index is 10.7. The highest BCUT2D eigenvalue weighted by Crippen LogP contribution is 2.48. The molecule has 168 valence electrons. The van der Waals surface area contributed by atoms with E-state index in [-0.39, 0.29) is 6.10 Å². The van der Waals surface area contributed by atoms with Crippen molar-refractivity contribution in [2.24, 2.45) is 17.8 Å². The number of hydrogen-bond acceptors (Lipinski definition) is 4. The van der Waals surface area contributed by atoms with E-state index in [0.29, 0.717) is 36.4 Å². The van der Waals surface area contributed by atoms with Crippen LogP contribution in [0, 0.1) is 17.8 Å². The van der Waals surface area contributed by atoms with E-state index in [1.54, 1.807) is 0 Å². The summed E-state index contributed by atoms with van der Waals surface area (Å²) < 4.78 is 6.28. The van der Waals surface area contributed by atoms with Crippen LogP contribution in [0.1, 0.15) is 96.3 Å². The summed E-state index contributed by atoms with van der Waals surface area (Å²) in [5, 5.41) is 19.3. The van der Waals surface area contributed by atoms with Crippen molar-refractivity contribution in [2.45, 2.75) is 115 Å². The van der Waals surface area contributed by atoms with Crippen molar-refractivity contribution < 1.29 is 19.7 Å². The molecular weight excluding hydrogens is 384 g/mol. The summed E-state index contributed by atoms with van der Waals surface area (Å²) >= 11 is 1.98. The molecule has 0 aromatic heterocycles. The summed E-state index contributed by atoms with van der Waals surface area (Å²) in [4.78, 5) is 10.5. The topological polar surface area (TPSA) is 66.8 Å². The molecule has 5 heteroatoms. The summed E-state index contributed by atoms with van der Waals surface area (Å²) in [6.45, 7) is 0. The Balaban J connectivity index is 1.29. The van der Waals surface area contributed by atoms with Gasteiger partial charge in [0.1, 0.15) is 0 Å². The number of carboxylic acids is 1. The largest absolute Gasteiger partial charge is 0.481 e. The number of ether oxygens (including phenoxy) is 1. The number of aliphatic hydroxyl groups is 1. The Labute approximate surface area is 181 Å². The van der Waals surface area contributed by atoms with Crippen LogP contribution in [-0.2, 0) is 9.53 Å². The molecule has 3 rings (SSSR count). The van der Waals surface area contributed by atoms with Gasteiger partial charge in [-0.05, 0) is 93.5 Å². The molecule has 0 spiro atoms. The lowest BCUT2D eigenvalue weighted by atomic mass is 9.73. The van der Waals surface area contributed by atoms with Gasteiger partial charge < -0.3 is 14.9 Å². The van der Waals surface area contributed by atoms with Gasteiger partial charge in [-0.15, -0.1) is 0 Å². The first-order valence-electron chi connectivity index (χ1n) is 12.3. The highest BCUT2D eigenvalue weighted by Gasteiger charge is 2.48. The van der Waals surface area contributed by atoms with Gasteiger partial charge in [-0.25, -0.2) is 0 Å². The second kappa shape index (κ2) is 12.6. The number of unbranched alkanes of at least 4 members (excludes halogenated alkanes) is 2. The second-order valence-corrected chi connectivity index (χ2v) is 10.8. The van der Waals surface area contributed by atoms with Gasteiger partial charge in [0, 0.05) is 6.42 Å². The van der Waals surface area contributed by atoms with Crippen LogP contribution in [0.5, 0.6) is 0 Å². The molecule has 3 fully saturated rings. The molecule has 3 aliphatic rings. The van der Waals surface area contributed by atoms with Crippen LogP contribution in [0.25, 0.3) is 0 Å². The van der Waals surface area contributed by atoms with E-state index >= 15 is 0 Å². The Morgan fingerprint density at radius 3 is 2.24 bits per heavy atom. The zero-order valence-corrected chi connectivity index (χ0v) is 18.9. The minimum Gasteiger partial charge on any atom is -0.481 e. The van der Waals surface area contributed by atoms with Crippen molar-refractivity contribution in [3.63, 3.8) is 0 Å². The predicted octanol–water partition coefficient (Wildman–Crippen LogP) is 5.66. The fraction of sp³-hybridized carbons (Fsp3) is 0.958. The molecule has 2 N–H and O–H groups in total. The second-order valence-electron chi connectivity index (χ2n) is 9.62. The third-order valence-electron chi connectivity index (χ3n) is 7.59. The monoisotopic (exact) mass is 426 g/mol. The lowest BCUT2D eigenvalue weighted by molar-refractivity contribution is -0.137. The van der Waals surface area contributed by atoms with Gasteiger partial charge in [-0.1, -0.05) is 25.7 Å². The van der Waals surface area contributed by atoms with Gasteiger partial charge >= 0.3 is 5.97 Å². The molecule has 29 heavy (non-hydrogen) atoms. The third kappa shape index (κ3) is 7.43. The van der Waals surface area contributed by atoms with E-state index < -0.39 is 5.97 Å². The van der Waals surface area contributed by atoms with Crippen molar-refractivity contribution in [3.8, 4) is 0 Å². The van der Waals surface area contributed by atoms with Gasteiger partial charge in [0.2, 0.25) is 0 Å². The molecule has 1 saturated carbocycles. The number of carbonyl (C=O) groups is 1. The van der Waals surface area contributed by atoms with E-state index in [1.807, 2.05) is 11.8 Å². The van der Waals surface area contributed by atoms with Gasteiger partial charge in [0.25, 0.3) is 0 Å². The zero-order chi connectivity index (χ0) is 20.5. The van der Waals surface area contributed by atoms with Crippen molar-refractivity contribution in [3.05, 3.63) is 0 Å². The van der Waals surface area contributed by atoms with Crippen LogP contribution in [0.15, 0.2) is 0 Å². The first-order chi connectivity index (χ1) is 14.1. The molecule has 2 heterocycles. The first kappa shape index (κ1) is 23.4. The van der Waals surface area contributed by atoms with Crippen LogP contribution >= 0.6 is 11.8 Å². The Bertz CT molecular complexity index is 480. The molecule has 0 amide bonds. The third-order valence-corrected chi connectivity index (χ3v) is 8.74. The zero-order valence-electron chi connectivity index (χ0n) is 18.1. The SMILES string of the molecule is O=C(O)CCCCSCCCC[C@@H]1[C@H](CCC(O)C2CCCCC2)[C@@H]2CC[C@H]1O2. The van der Waals surface area contributed by atoms with Crippen molar-refractivity contribution in [2.75, 3.05) is 11.5 Å². The first-order valence-corrected chi connectivity index (χ1v) is 13.4. The van der Waals surface area contributed by atoms with E-state index in [0.717, 1.165) is 31.4 Å². The van der Waals surface area contributed by atoms with Gasteiger partial charge in [0.15, 0.2) is 0 Å². The predicted molar refractivity (Wildman–Crippen MR) is 119 cm³/mol. The maximum atomic E-state index is 10.7. The normalized spacial score (nSPS) is 30.7. The fourth-order valence-electron chi connectivity index (χ4n) is 5.95. The maximum Gasteiger partial charge on any atom is 0.303 e. The Hall–Kier alpha value is -0.260. The summed E-state index contributed by atoms with van der Waals surface area (Å²) in [5.41, 5.74) is 0. The van der Waals surface area contributed by atoms with E-state index in [9.17, 15) is 9.90 Å². The number of fused-ring (bicyclic) bond motifs is 2. The molecule has 0 aromatic carbocycles. The average molecular weight is 427 g/mol.